The van der Waals surface area contributed by atoms with E-state index in [-0.39, 0.29) is 0 Å². The molecule has 0 heterocycles. The third-order valence-corrected chi connectivity index (χ3v) is 3.07. The van der Waals surface area contributed by atoms with Crippen LogP contribution < -0.4 is 5.73 Å². The Morgan fingerprint density at radius 3 is 2.29 bits per heavy atom. The smallest absolute Gasteiger partial charge is 0.0314 e. The predicted molar refractivity (Wildman–Crippen MR) is 74.6 cm³/mol. The lowest BCUT2D eigenvalue weighted by Gasteiger charge is -2.07. The normalized spacial score (nSPS) is 10.2. The highest BCUT2D eigenvalue weighted by Crippen LogP contribution is 2.24. The molecule has 0 saturated carbocycles. The van der Waals surface area contributed by atoms with Crippen molar-refractivity contribution in [3.63, 3.8) is 0 Å². The van der Waals surface area contributed by atoms with E-state index in [2.05, 4.69) is 50.8 Å². The van der Waals surface area contributed by atoms with E-state index in [1.807, 2.05) is 12.1 Å². The van der Waals surface area contributed by atoms with Gasteiger partial charge in [-0.15, -0.1) is 0 Å². The van der Waals surface area contributed by atoms with Crippen molar-refractivity contribution in [2.75, 3.05) is 0 Å². The Morgan fingerprint density at radius 2 is 1.65 bits per heavy atom. The van der Waals surface area contributed by atoms with Gasteiger partial charge in [0.1, 0.15) is 0 Å². The van der Waals surface area contributed by atoms with Crippen molar-refractivity contribution in [1.29, 1.82) is 0 Å². The van der Waals surface area contributed by atoms with Gasteiger partial charge in [0.15, 0.2) is 0 Å². The fraction of sp³-hybridized carbons (Fsp3) is 0.125. The molecular weight excluding hydrogens is 206 g/mol. The average Bonchev–Trinajstić information content (AvgIpc) is 2.33. The van der Waals surface area contributed by atoms with Crippen LogP contribution in [0.1, 0.15) is 16.7 Å². The van der Waals surface area contributed by atoms with Gasteiger partial charge >= 0.3 is 0 Å². The second-order valence-electron chi connectivity index (χ2n) is 4.41. The summed E-state index contributed by atoms with van der Waals surface area (Å²) in [5.41, 5.74) is 12.3. The standard InChI is InChI=1S/C16H17N/c1-11-7-8-16(9-12(11)2)15-6-4-5-14(10-15)13(3)17/h4-10H,3,17H2,1-2H3. The minimum atomic E-state index is 0.607. The van der Waals surface area contributed by atoms with Gasteiger partial charge in [-0.25, -0.2) is 0 Å². The van der Waals surface area contributed by atoms with Crippen molar-refractivity contribution >= 4 is 5.70 Å². The van der Waals surface area contributed by atoms with Crippen LogP contribution in [0.3, 0.4) is 0 Å². The van der Waals surface area contributed by atoms with E-state index in [1.54, 1.807) is 0 Å². The Labute approximate surface area is 103 Å². The molecule has 0 aromatic heterocycles. The molecular formula is C16H17N. The maximum Gasteiger partial charge on any atom is 0.0314 e. The molecule has 1 heteroatoms. The van der Waals surface area contributed by atoms with Gasteiger partial charge in [0.05, 0.1) is 0 Å². The molecule has 86 valence electrons. The molecule has 0 atom stereocenters. The minimum absolute atomic E-state index is 0.607. The first-order chi connectivity index (χ1) is 8.08. The fourth-order valence-corrected chi connectivity index (χ4v) is 1.82. The highest BCUT2D eigenvalue weighted by molar-refractivity contribution is 5.71. The maximum absolute atomic E-state index is 5.72. The van der Waals surface area contributed by atoms with Crippen molar-refractivity contribution in [2.24, 2.45) is 5.73 Å². The summed E-state index contributed by atoms with van der Waals surface area (Å²) in [6.07, 6.45) is 0. The Morgan fingerprint density at radius 1 is 0.941 bits per heavy atom. The van der Waals surface area contributed by atoms with Gasteiger partial charge in [-0.2, -0.15) is 0 Å². The van der Waals surface area contributed by atoms with Crippen LogP contribution in [-0.4, -0.2) is 0 Å². The molecule has 0 radical (unpaired) electrons. The number of aryl methyl sites for hydroxylation is 2. The zero-order valence-electron chi connectivity index (χ0n) is 10.3. The van der Waals surface area contributed by atoms with E-state index in [9.17, 15) is 0 Å². The van der Waals surface area contributed by atoms with Gasteiger partial charge in [0, 0.05) is 5.70 Å². The predicted octanol–water partition coefficient (Wildman–Crippen LogP) is 3.90. The summed E-state index contributed by atoms with van der Waals surface area (Å²) in [4.78, 5) is 0. The van der Waals surface area contributed by atoms with Crippen molar-refractivity contribution in [1.82, 2.24) is 0 Å². The van der Waals surface area contributed by atoms with Crippen LogP contribution in [0.2, 0.25) is 0 Å². The summed E-state index contributed by atoms with van der Waals surface area (Å²) < 4.78 is 0. The molecule has 0 bridgehead atoms. The topological polar surface area (TPSA) is 26.0 Å². The quantitative estimate of drug-likeness (QED) is 0.821. The Kier molecular flexibility index (Phi) is 3.01. The Bertz CT molecular complexity index is 567. The molecule has 0 aliphatic rings. The molecule has 0 spiro atoms. The van der Waals surface area contributed by atoms with Crippen LogP contribution in [0.25, 0.3) is 16.8 Å². The van der Waals surface area contributed by atoms with Crippen LogP contribution in [-0.2, 0) is 0 Å². The molecule has 2 rings (SSSR count). The molecule has 1 nitrogen and oxygen atoms in total. The number of benzene rings is 2. The second kappa shape index (κ2) is 4.46. The van der Waals surface area contributed by atoms with Gasteiger partial charge in [-0.05, 0) is 47.7 Å². The van der Waals surface area contributed by atoms with E-state index >= 15 is 0 Å². The third kappa shape index (κ3) is 2.39. The summed E-state index contributed by atoms with van der Waals surface area (Å²) in [5.74, 6) is 0. The van der Waals surface area contributed by atoms with Crippen LogP contribution >= 0.6 is 0 Å². The molecule has 0 unspecified atom stereocenters. The van der Waals surface area contributed by atoms with E-state index in [1.165, 1.54) is 22.3 Å². The van der Waals surface area contributed by atoms with Crippen molar-refractivity contribution in [3.8, 4) is 11.1 Å². The number of rotatable bonds is 2. The highest BCUT2D eigenvalue weighted by Gasteiger charge is 2.01. The van der Waals surface area contributed by atoms with Crippen LogP contribution in [0.4, 0.5) is 0 Å². The van der Waals surface area contributed by atoms with Gasteiger partial charge in [-0.3, -0.25) is 0 Å². The summed E-state index contributed by atoms with van der Waals surface area (Å²) in [7, 11) is 0. The van der Waals surface area contributed by atoms with E-state index in [4.69, 9.17) is 5.73 Å². The minimum Gasteiger partial charge on any atom is -0.399 e. The monoisotopic (exact) mass is 223 g/mol. The second-order valence-corrected chi connectivity index (χ2v) is 4.41. The number of hydrogen-bond acceptors (Lipinski definition) is 1. The molecule has 0 aliphatic heterocycles. The van der Waals surface area contributed by atoms with E-state index < -0.39 is 0 Å². The SMILES string of the molecule is C=C(N)c1cccc(-c2ccc(C)c(C)c2)c1. The average molecular weight is 223 g/mol. The molecule has 2 N–H and O–H groups in total. The first-order valence-corrected chi connectivity index (χ1v) is 5.70. The Balaban J connectivity index is 2.49. The lowest BCUT2D eigenvalue weighted by molar-refractivity contribution is 1.34. The maximum atomic E-state index is 5.72. The third-order valence-electron chi connectivity index (χ3n) is 3.07. The van der Waals surface area contributed by atoms with Gasteiger partial charge in [-0.1, -0.05) is 43.0 Å². The van der Waals surface area contributed by atoms with Crippen LogP contribution in [0.5, 0.6) is 0 Å². The number of nitrogens with two attached hydrogens (primary N) is 1. The van der Waals surface area contributed by atoms with Crippen molar-refractivity contribution < 1.29 is 0 Å². The molecule has 2 aromatic rings. The van der Waals surface area contributed by atoms with Gasteiger partial charge in [0.2, 0.25) is 0 Å². The molecule has 2 aromatic carbocycles. The fourth-order valence-electron chi connectivity index (χ4n) is 1.82. The number of hydrogen-bond donors (Lipinski definition) is 1. The molecule has 0 aliphatic carbocycles. The van der Waals surface area contributed by atoms with Crippen LogP contribution in [0, 0.1) is 13.8 Å². The highest BCUT2D eigenvalue weighted by atomic mass is 14.6. The van der Waals surface area contributed by atoms with E-state index in [0.29, 0.717) is 5.70 Å². The van der Waals surface area contributed by atoms with E-state index in [0.717, 1.165) is 5.56 Å². The molecule has 0 amide bonds. The van der Waals surface area contributed by atoms with Gasteiger partial charge in [0.25, 0.3) is 0 Å². The zero-order chi connectivity index (χ0) is 12.4. The summed E-state index contributed by atoms with van der Waals surface area (Å²) >= 11 is 0. The molecule has 0 saturated heterocycles. The zero-order valence-corrected chi connectivity index (χ0v) is 10.3. The molecule has 17 heavy (non-hydrogen) atoms. The molecule has 0 fully saturated rings. The summed E-state index contributed by atoms with van der Waals surface area (Å²) in [5, 5.41) is 0. The van der Waals surface area contributed by atoms with Crippen LogP contribution in [0.15, 0.2) is 49.0 Å². The lowest BCUT2D eigenvalue weighted by Crippen LogP contribution is -1.93. The van der Waals surface area contributed by atoms with Gasteiger partial charge < -0.3 is 5.73 Å². The summed E-state index contributed by atoms with van der Waals surface area (Å²) in [6.45, 7) is 8.02. The lowest BCUT2D eigenvalue weighted by atomic mass is 9.98. The first kappa shape index (κ1) is 11.5. The Hall–Kier alpha value is -2.02. The van der Waals surface area contributed by atoms with Crippen molar-refractivity contribution in [2.45, 2.75) is 13.8 Å². The first-order valence-electron chi connectivity index (χ1n) is 5.70. The van der Waals surface area contributed by atoms with Crippen molar-refractivity contribution in [3.05, 3.63) is 65.7 Å². The largest absolute Gasteiger partial charge is 0.399 e. The summed E-state index contributed by atoms with van der Waals surface area (Å²) in [6, 6.07) is 14.6.